The molecule has 2 heterocycles. The number of aryl methyl sites for hydroxylation is 1. The van der Waals surface area contributed by atoms with Crippen molar-refractivity contribution in [2.24, 2.45) is 7.05 Å². The summed E-state index contributed by atoms with van der Waals surface area (Å²) in [4.78, 5) is 11.0. The van der Waals surface area contributed by atoms with E-state index in [1.54, 1.807) is 25.2 Å². The first-order valence-corrected chi connectivity index (χ1v) is 5.02. The number of aromatic hydroxyl groups is 1. The minimum Gasteiger partial charge on any atom is -0.508 e. The standard InChI is InChI=1S/C12H9NO4/c1-13-9(12(15)16)5-8-7-4-6(14)2-3-10(7)17-11(8)13/h2-5,14H,1H3,(H,15,16). The molecule has 0 fully saturated rings. The molecule has 5 nitrogen and oxygen atoms in total. The molecule has 3 aromatic rings. The van der Waals surface area contributed by atoms with Crippen LogP contribution >= 0.6 is 0 Å². The maximum Gasteiger partial charge on any atom is 0.352 e. The SMILES string of the molecule is Cn1c(C(=O)O)cc2c3cc(O)ccc3oc21. The van der Waals surface area contributed by atoms with Gasteiger partial charge in [-0.3, -0.25) is 0 Å². The molecule has 0 unspecified atom stereocenters. The molecule has 2 N–H and O–H groups in total. The number of nitrogens with zero attached hydrogens (tertiary/aromatic N) is 1. The molecule has 0 aliphatic carbocycles. The van der Waals surface area contributed by atoms with E-state index in [2.05, 4.69) is 0 Å². The van der Waals surface area contributed by atoms with Gasteiger partial charge in [0, 0.05) is 17.8 Å². The van der Waals surface area contributed by atoms with E-state index >= 15 is 0 Å². The molecule has 0 saturated carbocycles. The van der Waals surface area contributed by atoms with E-state index in [-0.39, 0.29) is 11.4 Å². The molecule has 0 saturated heterocycles. The summed E-state index contributed by atoms with van der Waals surface area (Å²) in [5.41, 5.74) is 1.27. The Bertz CT molecular complexity index is 751. The Hall–Kier alpha value is -2.43. The van der Waals surface area contributed by atoms with Gasteiger partial charge in [-0.05, 0) is 24.3 Å². The molecular formula is C12H9NO4. The van der Waals surface area contributed by atoms with E-state index in [9.17, 15) is 9.90 Å². The highest BCUT2D eigenvalue weighted by atomic mass is 16.4. The molecule has 0 spiro atoms. The zero-order valence-electron chi connectivity index (χ0n) is 8.97. The number of furan rings is 1. The van der Waals surface area contributed by atoms with Gasteiger partial charge in [-0.2, -0.15) is 0 Å². The summed E-state index contributed by atoms with van der Waals surface area (Å²) in [6.45, 7) is 0. The molecule has 0 amide bonds. The fourth-order valence-electron chi connectivity index (χ4n) is 2.03. The third kappa shape index (κ3) is 1.22. The fraction of sp³-hybridized carbons (Fsp3) is 0.0833. The fourth-order valence-corrected chi connectivity index (χ4v) is 2.03. The van der Waals surface area contributed by atoms with Crippen LogP contribution in [-0.4, -0.2) is 20.7 Å². The van der Waals surface area contributed by atoms with Crippen LogP contribution in [0.15, 0.2) is 28.7 Å². The number of fused-ring (bicyclic) bond motifs is 3. The van der Waals surface area contributed by atoms with E-state index in [1.807, 2.05) is 0 Å². The molecule has 86 valence electrons. The third-order valence-electron chi connectivity index (χ3n) is 2.86. The number of carbonyl (C=O) groups is 1. The Morgan fingerprint density at radius 3 is 2.76 bits per heavy atom. The number of phenolic OH excluding ortho intramolecular Hbond substituents is 1. The number of benzene rings is 1. The van der Waals surface area contributed by atoms with E-state index < -0.39 is 5.97 Å². The summed E-state index contributed by atoms with van der Waals surface area (Å²) >= 11 is 0. The van der Waals surface area contributed by atoms with Crippen LogP contribution in [0.25, 0.3) is 22.1 Å². The van der Waals surface area contributed by atoms with E-state index in [1.165, 1.54) is 10.6 Å². The van der Waals surface area contributed by atoms with Crippen molar-refractivity contribution in [1.29, 1.82) is 0 Å². The van der Waals surface area contributed by atoms with Gasteiger partial charge in [0.2, 0.25) is 5.71 Å². The Labute approximate surface area is 95.5 Å². The number of phenols is 1. The van der Waals surface area contributed by atoms with Gasteiger partial charge in [-0.25, -0.2) is 4.79 Å². The Morgan fingerprint density at radius 2 is 2.06 bits per heavy atom. The summed E-state index contributed by atoms with van der Waals surface area (Å²) in [7, 11) is 1.63. The zero-order chi connectivity index (χ0) is 12.2. The largest absolute Gasteiger partial charge is 0.508 e. The summed E-state index contributed by atoms with van der Waals surface area (Å²) in [5, 5.41) is 19.8. The summed E-state index contributed by atoms with van der Waals surface area (Å²) < 4.78 is 7.04. The first kappa shape index (κ1) is 9.77. The molecule has 2 aromatic heterocycles. The summed E-state index contributed by atoms with van der Waals surface area (Å²) in [6.07, 6.45) is 0. The second-order valence-electron chi connectivity index (χ2n) is 3.90. The quantitative estimate of drug-likeness (QED) is 0.673. The maximum absolute atomic E-state index is 11.0. The van der Waals surface area contributed by atoms with Gasteiger partial charge in [-0.15, -0.1) is 0 Å². The first-order chi connectivity index (χ1) is 8.08. The van der Waals surface area contributed by atoms with Crippen molar-refractivity contribution < 1.29 is 19.4 Å². The summed E-state index contributed by atoms with van der Waals surface area (Å²) in [6, 6.07) is 6.30. The Balaban J connectivity index is 2.47. The number of rotatable bonds is 1. The number of aromatic carboxylic acids is 1. The van der Waals surface area contributed by atoms with Crippen LogP contribution in [0, 0.1) is 0 Å². The van der Waals surface area contributed by atoms with Crippen LogP contribution in [0.1, 0.15) is 10.5 Å². The molecular weight excluding hydrogens is 222 g/mol. The number of hydrogen-bond donors (Lipinski definition) is 2. The molecule has 0 atom stereocenters. The Morgan fingerprint density at radius 1 is 1.29 bits per heavy atom. The van der Waals surface area contributed by atoms with Gasteiger partial charge < -0.3 is 19.2 Å². The lowest BCUT2D eigenvalue weighted by Crippen LogP contribution is -2.03. The minimum atomic E-state index is -1.01. The van der Waals surface area contributed by atoms with Gasteiger partial charge >= 0.3 is 5.97 Å². The highest BCUT2D eigenvalue weighted by molar-refractivity contribution is 6.07. The first-order valence-electron chi connectivity index (χ1n) is 5.02. The predicted molar refractivity (Wildman–Crippen MR) is 61.3 cm³/mol. The number of aromatic nitrogens is 1. The molecule has 5 heteroatoms. The predicted octanol–water partition coefficient (Wildman–Crippen LogP) is 2.33. The van der Waals surface area contributed by atoms with Gasteiger partial charge in [-0.1, -0.05) is 0 Å². The highest BCUT2D eigenvalue weighted by Crippen LogP contribution is 2.32. The van der Waals surface area contributed by atoms with E-state index in [0.29, 0.717) is 22.1 Å². The molecule has 0 aliphatic heterocycles. The Kier molecular flexibility index (Phi) is 1.75. The van der Waals surface area contributed by atoms with Gasteiger partial charge in [0.15, 0.2) is 0 Å². The van der Waals surface area contributed by atoms with Crippen LogP contribution in [0.3, 0.4) is 0 Å². The van der Waals surface area contributed by atoms with E-state index in [4.69, 9.17) is 9.52 Å². The average Bonchev–Trinajstić information content (AvgIpc) is 2.77. The van der Waals surface area contributed by atoms with Crippen LogP contribution < -0.4 is 0 Å². The van der Waals surface area contributed by atoms with Crippen molar-refractivity contribution in [2.45, 2.75) is 0 Å². The van der Waals surface area contributed by atoms with Crippen molar-refractivity contribution in [3.63, 3.8) is 0 Å². The average molecular weight is 231 g/mol. The lowest BCUT2D eigenvalue weighted by atomic mass is 10.2. The maximum atomic E-state index is 11.0. The van der Waals surface area contributed by atoms with Crippen LogP contribution in [-0.2, 0) is 7.05 Å². The number of carboxylic acid groups (broad SMARTS) is 1. The van der Waals surface area contributed by atoms with E-state index in [0.717, 1.165) is 0 Å². The molecule has 0 bridgehead atoms. The van der Waals surface area contributed by atoms with Gasteiger partial charge in [0.25, 0.3) is 0 Å². The smallest absolute Gasteiger partial charge is 0.352 e. The highest BCUT2D eigenvalue weighted by Gasteiger charge is 2.17. The van der Waals surface area contributed by atoms with Crippen molar-refractivity contribution in [3.8, 4) is 5.75 Å². The second-order valence-corrected chi connectivity index (χ2v) is 3.90. The molecule has 17 heavy (non-hydrogen) atoms. The number of hydrogen-bond acceptors (Lipinski definition) is 3. The van der Waals surface area contributed by atoms with Crippen molar-refractivity contribution >= 4 is 28.0 Å². The van der Waals surface area contributed by atoms with Gasteiger partial charge in [0.1, 0.15) is 17.0 Å². The lowest BCUT2D eigenvalue weighted by Gasteiger charge is -1.96. The molecule has 3 rings (SSSR count). The molecule has 1 aromatic carbocycles. The molecule has 0 aliphatic rings. The van der Waals surface area contributed by atoms with Crippen molar-refractivity contribution in [3.05, 3.63) is 30.0 Å². The van der Waals surface area contributed by atoms with Crippen molar-refractivity contribution in [2.75, 3.05) is 0 Å². The van der Waals surface area contributed by atoms with Crippen LogP contribution in [0.5, 0.6) is 5.75 Å². The van der Waals surface area contributed by atoms with Gasteiger partial charge in [0.05, 0.1) is 0 Å². The zero-order valence-corrected chi connectivity index (χ0v) is 8.97. The lowest BCUT2D eigenvalue weighted by molar-refractivity contribution is 0.0686. The third-order valence-corrected chi connectivity index (χ3v) is 2.86. The minimum absolute atomic E-state index is 0.126. The number of carboxylic acids is 1. The summed E-state index contributed by atoms with van der Waals surface area (Å²) in [5.74, 6) is -0.881. The van der Waals surface area contributed by atoms with Crippen LogP contribution in [0.4, 0.5) is 0 Å². The topological polar surface area (TPSA) is 75.6 Å². The van der Waals surface area contributed by atoms with Crippen LogP contribution in [0.2, 0.25) is 0 Å². The van der Waals surface area contributed by atoms with Crippen molar-refractivity contribution in [1.82, 2.24) is 4.57 Å². The second kappa shape index (κ2) is 3.04. The molecule has 0 radical (unpaired) electrons. The monoisotopic (exact) mass is 231 g/mol. The normalized spacial score (nSPS) is 11.4.